The fraction of sp³-hybridized carbons (Fsp3) is 1.00. The number of likely N-dealkylation sites (N-methyl/N-ethyl adjacent to an activating group) is 1. The maximum absolute atomic E-state index is 5.77. The molecule has 0 atom stereocenters. The first-order valence-corrected chi connectivity index (χ1v) is 5.18. The second-order valence-corrected chi connectivity index (χ2v) is 4.20. The van der Waals surface area contributed by atoms with E-state index in [9.17, 15) is 0 Å². The highest BCUT2D eigenvalue weighted by Gasteiger charge is 2.32. The Hall–Kier alpha value is -0.160. The van der Waals surface area contributed by atoms with E-state index in [1.807, 2.05) is 0 Å². The summed E-state index contributed by atoms with van der Waals surface area (Å²) in [6.07, 6.45) is 0. The van der Waals surface area contributed by atoms with Gasteiger partial charge in [-0.15, -0.1) is 0 Å². The Morgan fingerprint density at radius 2 is 1.93 bits per heavy atom. The lowest BCUT2D eigenvalue weighted by Gasteiger charge is -2.39. The van der Waals surface area contributed by atoms with Gasteiger partial charge in [0.25, 0.3) is 0 Å². The smallest absolute Gasteiger partial charge is 0.0902 e. The van der Waals surface area contributed by atoms with Crippen molar-refractivity contribution in [1.82, 2.24) is 10.2 Å². The lowest BCUT2D eigenvalue weighted by molar-refractivity contribution is -0.0714. The van der Waals surface area contributed by atoms with Crippen molar-refractivity contribution in [3.8, 4) is 0 Å². The Morgan fingerprint density at radius 3 is 2.43 bits per heavy atom. The number of hydrogen-bond acceptors (Lipinski definition) is 4. The molecule has 0 aromatic carbocycles. The van der Waals surface area contributed by atoms with Crippen molar-refractivity contribution in [2.24, 2.45) is 0 Å². The predicted octanol–water partition coefficient (Wildman–Crippen LogP) is -0.0569. The van der Waals surface area contributed by atoms with Gasteiger partial charge in [-0.3, -0.25) is 0 Å². The monoisotopic (exact) mass is 202 g/mol. The van der Waals surface area contributed by atoms with Crippen molar-refractivity contribution in [2.75, 3.05) is 53.6 Å². The van der Waals surface area contributed by atoms with Crippen LogP contribution < -0.4 is 5.32 Å². The minimum Gasteiger partial charge on any atom is -0.383 e. The summed E-state index contributed by atoms with van der Waals surface area (Å²) in [6.45, 7) is 7.64. The Bertz CT molecular complexity index is 160. The largest absolute Gasteiger partial charge is 0.383 e. The van der Waals surface area contributed by atoms with E-state index >= 15 is 0 Å². The Balaban J connectivity index is 1.97. The number of methoxy groups -OCH3 is 1. The normalized spacial score (nSPS) is 19.7. The van der Waals surface area contributed by atoms with Crippen molar-refractivity contribution >= 4 is 0 Å². The molecule has 1 aliphatic rings. The Labute approximate surface area is 86.6 Å². The van der Waals surface area contributed by atoms with E-state index < -0.39 is 0 Å². The van der Waals surface area contributed by atoms with E-state index in [1.165, 1.54) is 0 Å². The molecule has 84 valence electrons. The second kappa shape index (κ2) is 5.66. The first kappa shape index (κ1) is 11.9. The van der Waals surface area contributed by atoms with Crippen LogP contribution in [0.5, 0.6) is 0 Å². The highest BCUT2D eigenvalue weighted by atomic mass is 16.5. The number of nitrogens with zero attached hydrogens (tertiary/aromatic N) is 1. The number of nitrogens with one attached hydrogen (secondary N) is 1. The minimum atomic E-state index is 0.0854. The molecule has 1 fully saturated rings. The van der Waals surface area contributed by atoms with Crippen LogP contribution in [-0.2, 0) is 9.47 Å². The Kier molecular flexibility index (Phi) is 4.81. The van der Waals surface area contributed by atoms with Gasteiger partial charge >= 0.3 is 0 Å². The lowest BCUT2D eigenvalue weighted by atomic mass is 10.0. The molecule has 1 saturated heterocycles. The van der Waals surface area contributed by atoms with Gasteiger partial charge in [0.2, 0.25) is 0 Å². The van der Waals surface area contributed by atoms with E-state index in [4.69, 9.17) is 9.47 Å². The van der Waals surface area contributed by atoms with Crippen LogP contribution in [0.25, 0.3) is 0 Å². The standard InChI is InChI=1S/C10H22N2O2/c1-10(8-11-9-10)14-7-5-12(2)4-6-13-3/h11H,4-9H2,1-3H3. The maximum atomic E-state index is 5.77. The molecule has 4 heteroatoms. The lowest BCUT2D eigenvalue weighted by Crippen LogP contribution is -2.59. The summed E-state index contributed by atoms with van der Waals surface area (Å²) in [5.41, 5.74) is 0.0854. The van der Waals surface area contributed by atoms with Crippen LogP contribution in [0.3, 0.4) is 0 Å². The summed E-state index contributed by atoms with van der Waals surface area (Å²) in [6, 6.07) is 0. The van der Waals surface area contributed by atoms with E-state index in [0.717, 1.165) is 39.4 Å². The molecular weight excluding hydrogens is 180 g/mol. The summed E-state index contributed by atoms with van der Waals surface area (Å²) in [7, 11) is 3.81. The number of hydrogen-bond donors (Lipinski definition) is 1. The van der Waals surface area contributed by atoms with Crippen LogP contribution in [0.4, 0.5) is 0 Å². The van der Waals surface area contributed by atoms with Crippen molar-refractivity contribution in [1.29, 1.82) is 0 Å². The van der Waals surface area contributed by atoms with Crippen molar-refractivity contribution < 1.29 is 9.47 Å². The number of ether oxygens (including phenoxy) is 2. The molecule has 4 nitrogen and oxygen atoms in total. The molecule has 0 amide bonds. The van der Waals surface area contributed by atoms with Gasteiger partial charge in [-0.1, -0.05) is 0 Å². The molecule has 0 aromatic heterocycles. The van der Waals surface area contributed by atoms with Crippen LogP contribution in [0.1, 0.15) is 6.92 Å². The number of rotatable bonds is 7. The van der Waals surface area contributed by atoms with Gasteiger partial charge in [0, 0.05) is 33.3 Å². The molecule has 0 unspecified atom stereocenters. The van der Waals surface area contributed by atoms with Crippen LogP contribution in [0.15, 0.2) is 0 Å². The van der Waals surface area contributed by atoms with Crippen molar-refractivity contribution in [3.05, 3.63) is 0 Å². The molecule has 0 saturated carbocycles. The molecule has 1 heterocycles. The summed E-state index contributed by atoms with van der Waals surface area (Å²) < 4.78 is 10.8. The zero-order valence-corrected chi connectivity index (χ0v) is 9.51. The van der Waals surface area contributed by atoms with Gasteiger partial charge in [-0.05, 0) is 14.0 Å². The van der Waals surface area contributed by atoms with Gasteiger partial charge in [-0.2, -0.15) is 0 Å². The van der Waals surface area contributed by atoms with Crippen molar-refractivity contribution in [3.63, 3.8) is 0 Å². The van der Waals surface area contributed by atoms with E-state index in [0.29, 0.717) is 0 Å². The molecule has 0 aromatic rings. The maximum Gasteiger partial charge on any atom is 0.0902 e. The van der Waals surface area contributed by atoms with Crippen LogP contribution in [-0.4, -0.2) is 64.1 Å². The van der Waals surface area contributed by atoms with Gasteiger partial charge in [0.1, 0.15) is 0 Å². The van der Waals surface area contributed by atoms with Gasteiger partial charge in [0.05, 0.1) is 18.8 Å². The third kappa shape index (κ3) is 3.92. The predicted molar refractivity (Wildman–Crippen MR) is 56.6 cm³/mol. The fourth-order valence-electron chi connectivity index (χ4n) is 1.39. The minimum absolute atomic E-state index is 0.0854. The van der Waals surface area contributed by atoms with Gasteiger partial charge in [0.15, 0.2) is 0 Å². The zero-order valence-electron chi connectivity index (χ0n) is 9.51. The molecule has 1 N–H and O–H groups in total. The third-order valence-corrected chi connectivity index (χ3v) is 2.60. The first-order chi connectivity index (χ1) is 6.66. The summed E-state index contributed by atoms with van der Waals surface area (Å²) >= 11 is 0. The van der Waals surface area contributed by atoms with Gasteiger partial charge < -0.3 is 19.7 Å². The van der Waals surface area contributed by atoms with Crippen molar-refractivity contribution in [2.45, 2.75) is 12.5 Å². The van der Waals surface area contributed by atoms with Crippen LogP contribution >= 0.6 is 0 Å². The van der Waals surface area contributed by atoms with E-state index in [2.05, 4.69) is 24.2 Å². The van der Waals surface area contributed by atoms with E-state index in [-0.39, 0.29) is 5.60 Å². The van der Waals surface area contributed by atoms with Crippen LogP contribution in [0, 0.1) is 0 Å². The average Bonchev–Trinajstić information content (AvgIpc) is 2.12. The molecule has 1 rings (SSSR count). The topological polar surface area (TPSA) is 33.7 Å². The fourth-order valence-corrected chi connectivity index (χ4v) is 1.39. The molecular formula is C10H22N2O2. The average molecular weight is 202 g/mol. The molecule has 0 bridgehead atoms. The van der Waals surface area contributed by atoms with E-state index in [1.54, 1.807) is 7.11 Å². The highest BCUT2D eigenvalue weighted by Crippen LogP contribution is 2.14. The summed E-state index contributed by atoms with van der Waals surface area (Å²) in [5, 5.41) is 3.22. The van der Waals surface area contributed by atoms with Gasteiger partial charge in [-0.25, -0.2) is 0 Å². The molecule has 14 heavy (non-hydrogen) atoms. The molecule has 0 radical (unpaired) electrons. The molecule has 1 aliphatic heterocycles. The zero-order chi connectivity index (χ0) is 10.4. The summed E-state index contributed by atoms with van der Waals surface area (Å²) in [5.74, 6) is 0. The quantitative estimate of drug-likeness (QED) is 0.627. The molecule has 0 aliphatic carbocycles. The first-order valence-electron chi connectivity index (χ1n) is 5.18. The third-order valence-electron chi connectivity index (χ3n) is 2.60. The van der Waals surface area contributed by atoms with Crippen LogP contribution in [0.2, 0.25) is 0 Å². The highest BCUT2D eigenvalue weighted by molar-refractivity contribution is 4.90. The Morgan fingerprint density at radius 1 is 1.29 bits per heavy atom. The molecule has 0 spiro atoms. The summed E-state index contributed by atoms with van der Waals surface area (Å²) in [4.78, 5) is 2.22. The second-order valence-electron chi connectivity index (χ2n) is 4.20. The SMILES string of the molecule is COCCN(C)CCOC1(C)CNC1.